The molecule has 0 saturated carbocycles. The van der Waals surface area contributed by atoms with Crippen LogP contribution in [0.1, 0.15) is 0 Å². The van der Waals surface area contributed by atoms with E-state index < -0.39 is 0 Å². The Morgan fingerprint density at radius 3 is 1.84 bits per heavy atom. The van der Waals surface area contributed by atoms with Gasteiger partial charge in [-0.05, 0) is 59.7 Å². The van der Waals surface area contributed by atoms with E-state index in [2.05, 4.69) is 150 Å². The molecule has 8 aromatic carbocycles. The van der Waals surface area contributed by atoms with E-state index >= 15 is 0 Å². The number of aromatic nitrogens is 4. The summed E-state index contributed by atoms with van der Waals surface area (Å²) in [5.74, 6) is 1.82. The predicted molar refractivity (Wildman–Crippen MR) is 236 cm³/mol. The fourth-order valence-corrected chi connectivity index (χ4v) is 9.60. The third-order valence-corrected chi connectivity index (χ3v) is 12.2. The fourth-order valence-electron chi connectivity index (χ4n) is 8.36. The van der Waals surface area contributed by atoms with Crippen LogP contribution in [0.15, 0.2) is 186 Å². The van der Waals surface area contributed by atoms with E-state index in [1.54, 1.807) is 0 Å². The van der Waals surface area contributed by atoms with Crippen molar-refractivity contribution >= 4 is 75.3 Å². The predicted octanol–water partition coefficient (Wildman–Crippen LogP) is 13.9. The molecule has 0 aliphatic rings. The average Bonchev–Trinajstić information content (AvgIpc) is 3.96. The summed E-state index contributed by atoms with van der Waals surface area (Å²) in [4.78, 5) is 15.1. The minimum absolute atomic E-state index is 0.588. The van der Waals surface area contributed by atoms with Crippen LogP contribution >= 0.6 is 11.3 Å². The monoisotopic (exact) mass is 746 g/mol. The molecule has 4 heterocycles. The van der Waals surface area contributed by atoms with Crippen molar-refractivity contribution in [1.29, 1.82) is 0 Å². The molecule has 12 aromatic rings. The molecular formula is C51H30N4OS. The summed E-state index contributed by atoms with van der Waals surface area (Å²) >= 11 is 1.87. The van der Waals surface area contributed by atoms with Gasteiger partial charge in [0.25, 0.3) is 0 Å². The summed E-state index contributed by atoms with van der Waals surface area (Å²) in [6.45, 7) is 0. The zero-order valence-electron chi connectivity index (χ0n) is 30.4. The molecule has 0 saturated heterocycles. The van der Waals surface area contributed by atoms with Gasteiger partial charge in [0.1, 0.15) is 11.2 Å². The maximum Gasteiger partial charge on any atom is 0.164 e. The van der Waals surface area contributed by atoms with Crippen molar-refractivity contribution in [3.05, 3.63) is 182 Å². The summed E-state index contributed by atoms with van der Waals surface area (Å²) in [5.41, 5.74) is 10.1. The lowest BCUT2D eigenvalue weighted by atomic mass is 10.0. The molecule has 6 heteroatoms. The van der Waals surface area contributed by atoms with Gasteiger partial charge in [-0.3, -0.25) is 0 Å². The Morgan fingerprint density at radius 1 is 0.386 bits per heavy atom. The maximum absolute atomic E-state index is 6.59. The molecule has 0 radical (unpaired) electrons. The molecule has 57 heavy (non-hydrogen) atoms. The van der Waals surface area contributed by atoms with Gasteiger partial charge in [0.15, 0.2) is 17.5 Å². The Labute approximate surface area is 330 Å². The van der Waals surface area contributed by atoms with E-state index in [1.165, 1.54) is 42.0 Å². The van der Waals surface area contributed by atoms with Crippen molar-refractivity contribution in [3.8, 4) is 51.0 Å². The molecule has 4 aromatic heterocycles. The molecule has 0 bridgehead atoms. The molecule has 0 atom stereocenters. The molecule has 5 nitrogen and oxygen atoms in total. The van der Waals surface area contributed by atoms with Gasteiger partial charge < -0.3 is 8.98 Å². The van der Waals surface area contributed by atoms with Crippen LogP contribution in [0.4, 0.5) is 0 Å². The third-order valence-electron chi connectivity index (χ3n) is 11.0. The number of para-hydroxylation sites is 1. The third kappa shape index (κ3) is 5.12. The first-order valence-electron chi connectivity index (χ1n) is 19.0. The largest absolute Gasteiger partial charge is 0.456 e. The molecule has 0 aliphatic heterocycles. The summed E-state index contributed by atoms with van der Waals surface area (Å²) in [7, 11) is 0. The Kier molecular flexibility index (Phi) is 7.03. The van der Waals surface area contributed by atoms with Gasteiger partial charge in [0, 0.05) is 59.4 Å². The highest BCUT2D eigenvalue weighted by Gasteiger charge is 2.20. The van der Waals surface area contributed by atoms with E-state index in [-0.39, 0.29) is 0 Å². The lowest BCUT2D eigenvalue weighted by molar-refractivity contribution is 0.669. The molecule has 0 aliphatic carbocycles. The molecule has 0 fully saturated rings. The lowest BCUT2D eigenvalue weighted by Gasteiger charge is -2.10. The molecule has 0 unspecified atom stereocenters. The van der Waals surface area contributed by atoms with Crippen LogP contribution in [0.3, 0.4) is 0 Å². The number of rotatable bonds is 5. The Balaban J connectivity index is 1.01. The van der Waals surface area contributed by atoms with E-state index in [4.69, 9.17) is 19.4 Å². The van der Waals surface area contributed by atoms with Crippen LogP contribution in [-0.2, 0) is 0 Å². The first kappa shape index (κ1) is 31.9. The molecule has 12 rings (SSSR count). The number of hydrogen-bond acceptors (Lipinski definition) is 5. The standard InChI is InChI=1S/C51H30N4OS/c1-3-12-31(13-4-1)33-16-11-17-34(28-33)50-52-49(32-14-5-2-6-15-32)53-51(54-50)35-22-24-38-42-30-36(23-27-44(42)56-45(38)29-35)55-43-20-9-7-18-37(43)40-25-26-41-39-19-8-10-21-46(39)57-48(41)47(40)55/h1-30H. The summed E-state index contributed by atoms with van der Waals surface area (Å²) in [5, 5.41) is 7.18. The normalized spacial score (nSPS) is 11.9. The van der Waals surface area contributed by atoms with E-state index in [0.717, 1.165) is 55.4 Å². The smallest absolute Gasteiger partial charge is 0.164 e. The molecule has 266 valence electrons. The molecule has 0 spiro atoms. The van der Waals surface area contributed by atoms with Gasteiger partial charge in [-0.15, -0.1) is 11.3 Å². The first-order chi connectivity index (χ1) is 28.2. The van der Waals surface area contributed by atoms with Gasteiger partial charge >= 0.3 is 0 Å². The van der Waals surface area contributed by atoms with Gasteiger partial charge in [-0.2, -0.15) is 0 Å². The number of thiophene rings is 1. The highest BCUT2D eigenvalue weighted by Crippen LogP contribution is 2.44. The number of fused-ring (bicyclic) bond motifs is 10. The fraction of sp³-hybridized carbons (Fsp3) is 0. The minimum atomic E-state index is 0.588. The minimum Gasteiger partial charge on any atom is -0.456 e. The van der Waals surface area contributed by atoms with Crippen LogP contribution in [0.2, 0.25) is 0 Å². The molecule has 0 amide bonds. The van der Waals surface area contributed by atoms with Crippen molar-refractivity contribution in [3.63, 3.8) is 0 Å². The van der Waals surface area contributed by atoms with E-state index in [1.807, 2.05) is 47.7 Å². The SMILES string of the molecule is c1ccc(-c2cccc(-c3nc(-c4ccccc4)nc(-c4ccc5c(c4)oc4ccc(-n6c7ccccc7c7ccc8c9ccccc9sc8c76)cc45)n3)c2)cc1. The maximum atomic E-state index is 6.59. The van der Waals surface area contributed by atoms with Crippen molar-refractivity contribution < 1.29 is 4.42 Å². The molecular weight excluding hydrogens is 717 g/mol. The van der Waals surface area contributed by atoms with Crippen LogP contribution < -0.4 is 0 Å². The van der Waals surface area contributed by atoms with Gasteiger partial charge in [-0.25, -0.2) is 15.0 Å². The second-order valence-electron chi connectivity index (χ2n) is 14.4. The number of hydrogen-bond donors (Lipinski definition) is 0. The van der Waals surface area contributed by atoms with Crippen molar-refractivity contribution in [2.45, 2.75) is 0 Å². The second-order valence-corrected chi connectivity index (χ2v) is 15.5. The average molecular weight is 747 g/mol. The Bertz CT molecular complexity index is 3530. The van der Waals surface area contributed by atoms with Crippen molar-refractivity contribution in [2.75, 3.05) is 0 Å². The summed E-state index contributed by atoms with van der Waals surface area (Å²) in [6.07, 6.45) is 0. The number of furan rings is 1. The van der Waals surface area contributed by atoms with Gasteiger partial charge in [0.05, 0.1) is 15.7 Å². The highest BCUT2D eigenvalue weighted by atomic mass is 32.1. The number of nitrogens with zero attached hydrogens (tertiary/aromatic N) is 4. The van der Waals surface area contributed by atoms with Crippen LogP contribution in [-0.4, -0.2) is 19.5 Å². The van der Waals surface area contributed by atoms with Crippen molar-refractivity contribution in [2.24, 2.45) is 0 Å². The molecule has 0 N–H and O–H groups in total. The summed E-state index contributed by atoms with van der Waals surface area (Å²) in [6, 6.07) is 63.7. The summed E-state index contributed by atoms with van der Waals surface area (Å²) < 4.78 is 11.6. The van der Waals surface area contributed by atoms with E-state index in [9.17, 15) is 0 Å². The van der Waals surface area contributed by atoms with Gasteiger partial charge in [-0.1, -0.05) is 133 Å². The van der Waals surface area contributed by atoms with Crippen LogP contribution in [0.5, 0.6) is 0 Å². The number of benzene rings is 8. The van der Waals surface area contributed by atoms with E-state index in [0.29, 0.717) is 17.5 Å². The van der Waals surface area contributed by atoms with Gasteiger partial charge in [0.2, 0.25) is 0 Å². The van der Waals surface area contributed by atoms with Crippen LogP contribution in [0, 0.1) is 0 Å². The zero-order chi connectivity index (χ0) is 37.5. The topological polar surface area (TPSA) is 56.7 Å². The zero-order valence-corrected chi connectivity index (χ0v) is 31.2. The second kappa shape index (κ2) is 12.6. The highest BCUT2D eigenvalue weighted by molar-refractivity contribution is 7.26. The quantitative estimate of drug-likeness (QED) is 0.176. The lowest BCUT2D eigenvalue weighted by Crippen LogP contribution is -2.00. The van der Waals surface area contributed by atoms with Crippen molar-refractivity contribution in [1.82, 2.24) is 19.5 Å². The first-order valence-corrected chi connectivity index (χ1v) is 19.8. The Hall–Kier alpha value is -7.41. The van der Waals surface area contributed by atoms with Crippen LogP contribution in [0.25, 0.3) is 115 Å². The Morgan fingerprint density at radius 2 is 1.02 bits per heavy atom.